The van der Waals surface area contributed by atoms with E-state index in [-0.39, 0.29) is 5.78 Å². The second-order valence-corrected chi connectivity index (χ2v) is 6.99. The molecule has 0 spiro atoms. The van der Waals surface area contributed by atoms with Gasteiger partial charge in [-0.05, 0) is 71.3 Å². The highest BCUT2D eigenvalue weighted by Crippen LogP contribution is 2.27. The van der Waals surface area contributed by atoms with Gasteiger partial charge in [0.15, 0.2) is 5.78 Å². The summed E-state index contributed by atoms with van der Waals surface area (Å²) in [4.78, 5) is 12.7. The fourth-order valence-electron chi connectivity index (χ4n) is 2.07. The van der Waals surface area contributed by atoms with Gasteiger partial charge >= 0.3 is 0 Å². The largest absolute Gasteiger partial charge is 0.292 e. The fraction of sp³-hybridized carbons (Fsp3) is 0.176. The second kappa shape index (κ2) is 6.71. The lowest BCUT2D eigenvalue weighted by Gasteiger charge is -2.12. The van der Waals surface area contributed by atoms with E-state index in [1.54, 1.807) is 6.07 Å². The molecule has 0 heterocycles. The Morgan fingerprint density at radius 2 is 1.90 bits per heavy atom. The molecule has 0 aliphatic rings. The van der Waals surface area contributed by atoms with Gasteiger partial charge in [-0.1, -0.05) is 34.1 Å². The van der Waals surface area contributed by atoms with Crippen LogP contribution in [0.2, 0.25) is 0 Å². The first-order chi connectivity index (χ1) is 9.93. The van der Waals surface area contributed by atoms with Gasteiger partial charge in [-0.3, -0.25) is 4.79 Å². The third-order valence-electron chi connectivity index (χ3n) is 3.45. The van der Waals surface area contributed by atoms with Gasteiger partial charge in [0, 0.05) is 13.6 Å². The monoisotopic (exact) mass is 453 g/mol. The minimum absolute atomic E-state index is 0.175. The highest BCUT2D eigenvalue weighted by Gasteiger charge is 2.24. The number of rotatable bonds is 3. The number of nitrogens with zero attached hydrogens (tertiary/aromatic N) is 1. The fourth-order valence-corrected chi connectivity index (χ4v) is 3.00. The van der Waals surface area contributed by atoms with Gasteiger partial charge in [-0.25, -0.2) is 0 Å². The van der Waals surface area contributed by atoms with Crippen molar-refractivity contribution in [1.29, 1.82) is 5.26 Å². The van der Waals surface area contributed by atoms with Crippen LogP contribution in [-0.2, 0) is 0 Å². The van der Waals surface area contributed by atoms with E-state index in [0.717, 1.165) is 24.7 Å². The molecule has 0 aliphatic heterocycles. The Morgan fingerprint density at radius 1 is 1.19 bits per heavy atom. The van der Waals surface area contributed by atoms with Gasteiger partial charge in [-0.15, -0.1) is 0 Å². The van der Waals surface area contributed by atoms with E-state index in [2.05, 4.69) is 44.6 Å². The number of nitriles is 1. The zero-order valence-corrected chi connectivity index (χ0v) is 15.4. The van der Waals surface area contributed by atoms with Crippen molar-refractivity contribution in [2.24, 2.45) is 0 Å². The van der Waals surface area contributed by atoms with Crippen molar-refractivity contribution in [1.82, 2.24) is 0 Å². The summed E-state index contributed by atoms with van der Waals surface area (Å²) in [5, 5.41) is 9.44. The molecule has 2 aromatic carbocycles. The van der Waals surface area contributed by atoms with Gasteiger partial charge in [0.05, 0.1) is 6.07 Å². The molecular formula is C17H13BrINO. The van der Waals surface area contributed by atoms with Crippen LogP contribution in [0.1, 0.15) is 33.0 Å². The molecule has 2 nitrogen and oxygen atoms in total. The van der Waals surface area contributed by atoms with Crippen molar-refractivity contribution in [2.75, 3.05) is 0 Å². The lowest BCUT2D eigenvalue weighted by Crippen LogP contribution is -2.12. The smallest absolute Gasteiger partial charge is 0.185 e. The number of carbonyl (C=O) groups excluding carboxylic acids is 1. The summed E-state index contributed by atoms with van der Waals surface area (Å²) in [7, 11) is 0. The summed E-state index contributed by atoms with van der Waals surface area (Å²) in [5.74, 6) is -0.954. The predicted octanol–water partition coefficient (Wildman–Crippen LogP) is 5.16. The van der Waals surface area contributed by atoms with E-state index >= 15 is 0 Å². The van der Waals surface area contributed by atoms with E-state index in [9.17, 15) is 10.1 Å². The van der Waals surface area contributed by atoms with Gasteiger partial charge in [0.25, 0.3) is 0 Å². The molecule has 0 N–H and O–H groups in total. The lowest BCUT2D eigenvalue weighted by atomic mass is 9.90. The summed E-state index contributed by atoms with van der Waals surface area (Å²) in [6, 6.07) is 13.4. The maximum absolute atomic E-state index is 12.7. The number of aryl methyl sites for hydroxylation is 2. The maximum Gasteiger partial charge on any atom is 0.185 e. The molecular weight excluding hydrogens is 441 g/mol. The first-order valence-electron chi connectivity index (χ1n) is 6.40. The van der Waals surface area contributed by atoms with Crippen molar-refractivity contribution in [3.05, 3.63) is 66.7 Å². The molecule has 106 valence electrons. The first kappa shape index (κ1) is 16.2. The summed E-state index contributed by atoms with van der Waals surface area (Å²) >= 11 is 5.55. The molecule has 0 radical (unpaired) electrons. The number of carbonyl (C=O) groups is 1. The van der Waals surface area contributed by atoms with Crippen LogP contribution in [0, 0.1) is 28.7 Å². The average Bonchev–Trinajstić information content (AvgIpc) is 2.46. The Hall–Kier alpha value is -1.19. The van der Waals surface area contributed by atoms with E-state index in [4.69, 9.17) is 0 Å². The van der Waals surface area contributed by atoms with Crippen LogP contribution in [-0.4, -0.2) is 5.78 Å². The number of ketones is 1. The van der Waals surface area contributed by atoms with Crippen molar-refractivity contribution in [2.45, 2.75) is 19.8 Å². The molecule has 1 unspecified atom stereocenters. The Bertz CT molecular complexity index is 749. The predicted molar refractivity (Wildman–Crippen MR) is 95.5 cm³/mol. The van der Waals surface area contributed by atoms with E-state index in [0.29, 0.717) is 5.56 Å². The summed E-state index contributed by atoms with van der Waals surface area (Å²) in [5.41, 5.74) is 3.53. The number of benzene rings is 2. The van der Waals surface area contributed by atoms with Crippen LogP contribution >= 0.6 is 38.5 Å². The van der Waals surface area contributed by atoms with Crippen LogP contribution in [0.5, 0.6) is 0 Å². The molecule has 0 saturated heterocycles. The van der Waals surface area contributed by atoms with Gasteiger partial charge < -0.3 is 0 Å². The highest BCUT2D eigenvalue weighted by molar-refractivity contribution is 14.1. The van der Waals surface area contributed by atoms with Crippen molar-refractivity contribution in [3.63, 3.8) is 0 Å². The Balaban J connectivity index is 2.46. The Labute approximate surface area is 146 Å². The van der Waals surface area contributed by atoms with E-state index in [1.807, 2.05) is 44.2 Å². The molecule has 0 bridgehead atoms. The normalized spacial score (nSPS) is 11.8. The van der Waals surface area contributed by atoms with Crippen LogP contribution in [0.4, 0.5) is 0 Å². The van der Waals surface area contributed by atoms with Crippen molar-refractivity contribution < 1.29 is 4.79 Å². The Kier molecular flexibility index (Phi) is 5.17. The van der Waals surface area contributed by atoms with Crippen molar-refractivity contribution in [3.8, 4) is 6.07 Å². The summed E-state index contributed by atoms with van der Waals surface area (Å²) in [6.07, 6.45) is 0. The molecule has 2 rings (SSSR count). The zero-order chi connectivity index (χ0) is 15.6. The minimum Gasteiger partial charge on any atom is -0.292 e. The Morgan fingerprint density at radius 3 is 2.52 bits per heavy atom. The number of Topliss-reactive ketones (excluding diaryl/α,β-unsaturated/α-hetero) is 1. The molecule has 0 aromatic heterocycles. The van der Waals surface area contributed by atoms with Crippen molar-refractivity contribution >= 4 is 44.3 Å². The third kappa shape index (κ3) is 3.53. The zero-order valence-electron chi connectivity index (χ0n) is 11.7. The quantitative estimate of drug-likeness (QED) is 0.475. The average molecular weight is 454 g/mol. The molecule has 21 heavy (non-hydrogen) atoms. The summed E-state index contributed by atoms with van der Waals surface area (Å²) < 4.78 is 1.69. The maximum atomic E-state index is 12.7. The molecule has 2 aromatic rings. The highest BCUT2D eigenvalue weighted by atomic mass is 127. The number of hydrogen-bond acceptors (Lipinski definition) is 2. The molecule has 0 saturated carbocycles. The second-order valence-electron chi connectivity index (χ2n) is 4.89. The van der Waals surface area contributed by atoms with E-state index < -0.39 is 5.92 Å². The third-order valence-corrected chi connectivity index (χ3v) is 4.81. The number of hydrogen-bond donors (Lipinski definition) is 0. The molecule has 4 heteroatoms. The molecule has 0 fully saturated rings. The minimum atomic E-state index is -0.779. The van der Waals surface area contributed by atoms with Crippen LogP contribution in [0.3, 0.4) is 0 Å². The van der Waals surface area contributed by atoms with Crippen LogP contribution in [0.25, 0.3) is 0 Å². The van der Waals surface area contributed by atoms with Crippen LogP contribution < -0.4 is 0 Å². The van der Waals surface area contributed by atoms with Crippen LogP contribution in [0.15, 0.2) is 40.9 Å². The van der Waals surface area contributed by atoms with E-state index in [1.165, 1.54) is 0 Å². The first-order valence-corrected chi connectivity index (χ1v) is 8.27. The lowest BCUT2D eigenvalue weighted by molar-refractivity contribution is 0.0978. The SMILES string of the molecule is Cc1ccc(C(C#N)C(=O)c2cc(I)ccc2Br)cc1C. The number of halogens is 2. The van der Waals surface area contributed by atoms with Gasteiger partial charge in [0.2, 0.25) is 0 Å². The summed E-state index contributed by atoms with van der Waals surface area (Å²) in [6.45, 7) is 4.00. The van der Waals surface area contributed by atoms with Gasteiger partial charge in [0.1, 0.15) is 5.92 Å². The molecule has 0 aliphatic carbocycles. The molecule has 1 atom stereocenters. The molecule has 0 amide bonds. The standard InChI is InChI=1S/C17H13BrINO/c1-10-3-4-12(7-11(10)2)15(9-20)17(21)14-8-13(19)5-6-16(14)18/h3-8,15H,1-2H3. The van der Waals surface area contributed by atoms with Gasteiger partial charge in [-0.2, -0.15) is 5.26 Å². The topological polar surface area (TPSA) is 40.9 Å².